The van der Waals surface area contributed by atoms with Gasteiger partial charge in [0.25, 0.3) is 0 Å². The van der Waals surface area contributed by atoms with Crippen LogP contribution in [0.2, 0.25) is 5.02 Å². The molecule has 4 aliphatic rings. The number of hydrogen-bond donors (Lipinski definition) is 0. The minimum Gasteiger partial charge on any atom is -0.376 e. The maximum Gasteiger partial charge on any atom is 0.235 e. The van der Waals surface area contributed by atoms with Gasteiger partial charge in [-0.15, -0.1) is 0 Å². The van der Waals surface area contributed by atoms with Crippen LogP contribution in [0.5, 0.6) is 0 Å². The zero-order valence-corrected chi connectivity index (χ0v) is 18.6. The molecule has 0 N–H and O–H groups in total. The number of ether oxygens (including phenoxy) is 1. The van der Waals surface area contributed by atoms with Gasteiger partial charge in [-0.1, -0.05) is 42.0 Å². The van der Waals surface area contributed by atoms with Crippen LogP contribution >= 0.6 is 11.6 Å². The van der Waals surface area contributed by atoms with E-state index < -0.39 is 17.9 Å². The summed E-state index contributed by atoms with van der Waals surface area (Å²) in [4.78, 5) is 44.4. The Balaban J connectivity index is 1.43. The highest BCUT2D eigenvalue weighted by Gasteiger charge is 2.64. The molecule has 3 saturated heterocycles. The number of rotatable bonds is 4. The minimum atomic E-state index is -0.766. The maximum atomic E-state index is 13.9. The van der Waals surface area contributed by atoms with Crippen molar-refractivity contribution < 1.29 is 19.1 Å². The first kappa shape index (κ1) is 20.6. The standard InChI is InChI=1S/C26H23ClN2O4/c27-17-10-7-16(8-11-17)24(30)23-22-21(20-12-9-15-4-1-2-6-19(15)29(20)23)25(31)28(26(22)32)14-18-5-3-13-33-18/h1-2,4,6-12,18,20-23H,3,5,13-14H2/t18-,20+,21+,22-,23-/m0/s1. The van der Waals surface area contributed by atoms with Gasteiger partial charge in [0.05, 0.1) is 30.5 Å². The SMILES string of the molecule is O=C(c1ccc(Cl)cc1)[C@@H]1[C@H]2C(=O)N(C[C@@H]3CCCO3)C(=O)[C@@H]2[C@H]2C=Cc3ccccc3N21. The summed E-state index contributed by atoms with van der Waals surface area (Å²) in [5.74, 6) is -1.97. The quantitative estimate of drug-likeness (QED) is 0.513. The molecule has 33 heavy (non-hydrogen) atoms. The lowest BCUT2D eigenvalue weighted by molar-refractivity contribution is -0.142. The Morgan fingerprint density at radius 2 is 1.79 bits per heavy atom. The van der Waals surface area contributed by atoms with Gasteiger partial charge in [0.2, 0.25) is 11.8 Å². The van der Waals surface area contributed by atoms with E-state index >= 15 is 0 Å². The van der Waals surface area contributed by atoms with Crippen molar-refractivity contribution in [2.45, 2.75) is 31.0 Å². The third-order valence-electron chi connectivity index (χ3n) is 7.31. The molecule has 6 rings (SSSR count). The molecule has 4 aliphatic heterocycles. The molecular formula is C26H23ClN2O4. The molecule has 168 valence electrons. The third-order valence-corrected chi connectivity index (χ3v) is 7.57. The molecule has 2 aromatic rings. The normalized spacial score (nSPS) is 29.9. The lowest BCUT2D eigenvalue weighted by Gasteiger charge is -2.36. The van der Waals surface area contributed by atoms with Crippen molar-refractivity contribution in [3.63, 3.8) is 0 Å². The fraction of sp³-hybridized carbons (Fsp3) is 0.346. The molecule has 3 fully saturated rings. The second-order valence-electron chi connectivity index (χ2n) is 9.11. The van der Waals surface area contributed by atoms with Crippen LogP contribution in [0.25, 0.3) is 6.08 Å². The number of ketones is 1. The smallest absolute Gasteiger partial charge is 0.235 e. The first-order chi connectivity index (χ1) is 16.0. The Labute approximate surface area is 196 Å². The number of carbonyl (C=O) groups is 3. The van der Waals surface area contributed by atoms with Crippen LogP contribution in [0.4, 0.5) is 5.69 Å². The second kappa shape index (κ2) is 7.82. The number of anilines is 1. The average Bonchev–Trinajstić information content (AvgIpc) is 3.52. The third kappa shape index (κ3) is 3.15. The summed E-state index contributed by atoms with van der Waals surface area (Å²) in [5, 5.41) is 0.537. The van der Waals surface area contributed by atoms with E-state index in [0.717, 1.165) is 24.1 Å². The lowest BCUT2D eigenvalue weighted by Crippen LogP contribution is -2.49. The fourth-order valence-electron chi connectivity index (χ4n) is 5.83. The number of imide groups is 1. The van der Waals surface area contributed by atoms with E-state index in [1.54, 1.807) is 24.3 Å². The molecule has 2 amide bonds. The zero-order valence-electron chi connectivity index (χ0n) is 17.9. The first-order valence-electron chi connectivity index (χ1n) is 11.4. The predicted molar refractivity (Wildman–Crippen MR) is 124 cm³/mol. The monoisotopic (exact) mass is 462 g/mol. The number of Topliss-reactive ketones (excluding diaryl/α,β-unsaturated/α-hetero) is 1. The molecule has 5 atom stereocenters. The molecule has 0 unspecified atom stereocenters. The van der Waals surface area contributed by atoms with E-state index in [1.807, 2.05) is 41.3 Å². The van der Waals surface area contributed by atoms with E-state index in [1.165, 1.54) is 4.90 Å². The second-order valence-corrected chi connectivity index (χ2v) is 9.54. The number of halogens is 1. The zero-order chi connectivity index (χ0) is 22.7. The molecular weight excluding hydrogens is 440 g/mol. The Morgan fingerprint density at radius 3 is 2.55 bits per heavy atom. The number of benzene rings is 2. The van der Waals surface area contributed by atoms with Crippen LogP contribution in [0.15, 0.2) is 54.6 Å². The summed E-state index contributed by atoms with van der Waals surface area (Å²) in [7, 11) is 0. The Hall–Kier alpha value is -2.96. The van der Waals surface area contributed by atoms with Crippen molar-refractivity contribution in [1.82, 2.24) is 4.90 Å². The van der Waals surface area contributed by atoms with Crippen molar-refractivity contribution in [2.75, 3.05) is 18.1 Å². The number of likely N-dealkylation sites (tertiary alicyclic amines) is 1. The van der Waals surface area contributed by atoms with Crippen molar-refractivity contribution in [3.05, 3.63) is 70.8 Å². The highest BCUT2D eigenvalue weighted by Crippen LogP contribution is 2.49. The molecule has 0 saturated carbocycles. The molecule has 6 nitrogen and oxygen atoms in total. The van der Waals surface area contributed by atoms with Crippen LogP contribution in [0.1, 0.15) is 28.8 Å². The molecule has 0 spiro atoms. The molecule has 2 aromatic carbocycles. The Kier molecular flexibility index (Phi) is 4.89. The summed E-state index contributed by atoms with van der Waals surface area (Å²) in [6.45, 7) is 0.918. The van der Waals surface area contributed by atoms with Crippen LogP contribution in [-0.4, -0.2) is 53.8 Å². The van der Waals surface area contributed by atoms with Crippen molar-refractivity contribution in [3.8, 4) is 0 Å². The lowest BCUT2D eigenvalue weighted by atomic mass is 9.86. The van der Waals surface area contributed by atoms with Crippen LogP contribution in [0, 0.1) is 11.8 Å². The van der Waals surface area contributed by atoms with Crippen molar-refractivity contribution in [1.29, 1.82) is 0 Å². The molecule has 7 heteroatoms. The summed E-state index contributed by atoms with van der Waals surface area (Å²) < 4.78 is 5.69. The fourth-order valence-corrected chi connectivity index (χ4v) is 5.96. The van der Waals surface area contributed by atoms with Gasteiger partial charge in [0, 0.05) is 22.9 Å². The number of hydrogen-bond acceptors (Lipinski definition) is 5. The predicted octanol–water partition coefficient (Wildman–Crippen LogP) is 3.59. The first-order valence-corrected chi connectivity index (χ1v) is 11.7. The number of amides is 2. The molecule has 0 aromatic heterocycles. The van der Waals surface area contributed by atoms with Gasteiger partial charge in [0.1, 0.15) is 6.04 Å². The van der Waals surface area contributed by atoms with Gasteiger partial charge < -0.3 is 9.64 Å². The highest BCUT2D eigenvalue weighted by molar-refractivity contribution is 6.30. The summed E-state index contributed by atoms with van der Waals surface area (Å²) in [5.41, 5.74) is 2.32. The summed E-state index contributed by atoms with van der Waals surface area (Å²) >= 11 is 6.04. The highest BCUT2D eigenvalue weighted by atomic mass is 35.5. The van der Waals surface area contributed by atoms with E-state index in [4.69, 9.17) is 16.3 Å². The van der Waals surface area contributed by atoms with Gasteiger partial charge >= 0.3 is 0 Å². The summed E-state index contributed by atoms with van der Waals surface area (Å²) in [6.07, 6.45) is 5.60. The molecule has 0 radical (unpaired) electrons. The largest absolute Gasteiger partial charge is 0.376 e. The van der Waals surface area contributed by atoms with E-state index in [0.29, 0.717) is 17.2 Å². The van der Waals surface area contributed by atoms with E-state index in [-0.39, 0.29) is 36.3 Å². The van der Waals surface area contributed by atoms with Crippen LogP contribution in [0.3, 0.4) is 0 Å². The van der Waals surface area contributed by atoms with E-state index in [9.17, 15) is 14.4 Å². The van der Waals surface area contributed by atoms with E-state index in [2.05, 4.69) is 0 Å². The number of carbonyl (C=O) groups excluding carboxylic acids is 3. The van der Waals surface area contributed by atoms with Gasteiger partial charge in [-0.3, -0.25) is 19.3 Å². The van der Waals surface area contributed by atoms with Crippen molar-refractivity contribution >= 4 is 41.0 Å². The average molecular weight is 463 g/mol. The minimum absolute atomic E-state index is 0.124. The number of fused-ring (bicyclic) bond motifs is 5. The number of para-hydroxylation sites is 1. The van der Waals surface area contributed by atoms with Gasteiger partial charge in [-0.2, -0.15) is 0 Å². The Bertz CT molecular complexity index is 1170. The molecule has 0 bridgehead atoms. The van der Waals surface area contributed by atoms with Gasteiger partial charge in [-0.25, -0.2) is 0 Å². The van der Waals surface area contributed by atoms with Crippen LogP contribution < -0.4 is 4.90 Å². The Morgan fingerprint density at radius 1 is 1.03 bits per heavy atom. The molecule has 4 heterocycles. The van der Waals surface area contributed by atoms with Gasteiger partial charge in [0.15, 0.2) is 5.78 Å². The van der Waals surface area contributed by atoms with Crippen molar-refractivity contribution in [2.24, 2.45) is 11.8 Å². The summed E-state index contributed by atoms with van der Waals surface area (Å²) in [6, 6.07) is 13.4. The van der Waals surface area contributed by atoms with Gasteiger partial charge in [-0.05, 0) is 48.7 Å². The number of nitrogens with zero attached hydrogens (tertiary/aromatic N) is 2. The van der Waals surface area contributed by atoms with Crippen LogP contribution in [-0.2, 0) is 14.3 Å². The maximum absolute atomic E-state index is 13.9. The molecule has 0 aliphatic carbocycles. The topological polar surface area (TPSA) is 66.9 Å².